The van der Waals surface area contributed by atoms with Crippen LogP contribution in [0.3, 0.4) is 0 Å². The van der Waals surface area contributed by atoms with Crippen molar-refractivity contribution in [2.45, 2.75) is 30.4 Å². The highest BCUT2D eigenvalue weighted by Crippen LogP contribution is 2.34. The lowest BCUT2D eigenvalue weighted by Gasteiger charge is -2.16. The van der Waals surface area contributed by atoms with Gasteiger partial charge in [-0.05, 0) is 23.6 Å². The van der Waals surface area contributed by atoms with Crippen LogP contribution in [0.5, 0.6) is 0 Å². The second-order valence-corrected chi connectivity index (χ2v) is 7.63. The highest BCUT2D eigenvalue weighted by atomic mass is 32.2. The fourth-order valence-corrected chi connectivity index (χ4v) is 4.11. The summed E-state index contributed by atoms with van der Waals surface area (Å²) in [4.78, 5) is 41.8. The van der Waals surface area contributed by atoms with Crippen LogP contribution in [0.2, 0.25) is 0 Å². The zero-order valence-corrected chi connectivity index (χ0v) is 17.1. The minimum Gasteiger partial charge on any atom is -0.463 e. The number of pyridine rings is 1. The lowest BCUT2D eigenvalue weighted by atomic mass is 10.0. The number of carbonyl (C=O) groups excluding carboxylic acids is 1. The smallest absolute Gasteiger partial charge is 0.373 e. The first kappa shape index (κ1) is 19.9. The highest BCUT2D eigenvalue weighted by molar-refractivity contribution is 7.98. The Morgan fingerprint density at radius 2 is 1.96 bits per heavy atom. The van der Waals surface area contributed by atoms with E-state index in [0.717, 1.165) is 15.0 Å². The molecule has 0 aromatic carbocycles. The Kier molecular flexibility index (Phi) is 5.46. The number of thioether (sulfide) groups is 1. The van der Waals surface area contributed by atoms with Gasteiger partial charge in [-0.25, -0.2) is 14.6 Å². The number of hydrogen-bond acceptors (Lipinski definition) is 7. The maximum absolute atomic E-state index is 12.9. The third kappa shape index (κ3) is 3.37. The standard InChI is InChI=1S/C19H21N3O5S/c1-10(2)12-8-20-16-14(17(23)22(4)19(25)21(16)3)15(12)28-9-11-6-7-13(27-11)18(24)26-5/h6-8,10H,9H2,1-5H3. The lowest BCUT2D eigenvalue weighted by Crippen LogP contribution is -2.37. The highest BCUT2D eigenvalue weighted by Gasteiger charge is 2.20. The van der Waals surface area contributed by atoms with Gasteiger partial charge in [-0.2, -0.15) is 0 Å². The molecule has 3 aromatic rings. The summed E-state index contributed by atoms with van der Waals surface area (Å²) in [5.41, 5.74) is 0.444. The molecule has 0 aliphatic heterocycles. The molecule has 3 heterocycles. The maximum Gasteiger partial charge on any atom is 0.373 e. The Bertz CT molecular complexity index is 1170. The molecule has 8 nitrogen and oxygen atoms in total. The van der Waals surface area contributed by atoms with Crippen molar-refractivity contribution in [2.75, 3.05) is 7.11 Å². The van der Waals surface area contributed by atoms with Gasteiger partial charge in [-0.15, -0.1) is 11.8 Å². The predicted molar refractivity (Wildman–Crippen MR) is 106 cm³/mol. The summed E-state index contributed by atoms with van der Waals surface area (Å²) in [5.74, 6) is 0.690. The van der Waals surface area contributed by atoms with Gasteiger partial charge in [-0.3, -0.25) is 13.9 Å². The van der Waals surface area contributed by atoms with Crippen LogP contribution in [-0.4, -0.2) is 27.2 Å². The largest absolute Gasteiger partial charge is 0.463 e. The van der Waals surface area contributed by atoms with E-state index in [9.17, 15) is 14.4 Å². The number of nitrogens with zero attached hydrogens (tertiary/aromatic N) is 3. The van der Waals surface area contributed by atoms with Crippen LogP contribution in [0.4, 0.5) is 0 Å². The Morgan fingerprint density at radius 1 is 1.25 bits per heavy atom. The van der Waals surface area contributed by atoms with Crippen LogP contribution in [0, 0.1) is 0 Å². The van der Waals surface area contributed by atoms with Crippen molar-refractivity contribution in [3.05, 3.63) is 56.3 Å². The number of aromatic nitrogens is 3. The van der Waals surface area contributed by atoms with Crippen molar-refractivity contribution in [1.82, 2.24) is 14.1 Å². The van der Waals surface area contributed by atoms with E-state index in [1.54, 1.807) is 25.4 Å². The van der Waals surface area contributed by atoms with E-state index in [2.05, 4.69) is 9.72 Å². The van der Waals surface area contributed by atoms with E-state index in [1.807, 2.05) is 13.8 Å². The number of rotatable bonds is 5. The van der Waals surface area contributed by atoms with Crippen LogP contribution >= 0.6 is 11.8 Å². The Balaban J connectivity index is 2.11. The number of hydrogen-bond donors (Lipinski definition) is 0. The molecule has 0 spiro atoms. The maximum atomic E-state index is 12.9. The van der Waals surface area contributed by atoms with Gasteiger partial charge in [-0.1, -0.05) is 13.8 Å². The molecule has 0 amide bonds. The predicted octanol–water partition coefficient (Wildman–Crippen LogP) is 2.43. The van der Waals surface area contributed by atoms with Crippen molar-refractivity contribution in [1.29, 1.82) is 0 Å². The second-order valence-electron chi connectivity index (χ2n) is 6.65. The average molecular weight is 403 g/mol. The summed E-state index contributed by atoms with van der Waals surface area (Å²) < 4.78 is 12.6. The van der Waals surface area contributed by atoms with Crippen LogP contribution in [0.1, 0.15) is 41.6 Å². The fraction of sp³-hybridized carbons (Fsp3) is 0.368. The number of ether oxygens (including phenoxy) is 1. The Labute approximate surface area is 165 Å². The molecule has 0 unspecified atom stereocenters. The van der Waals surface area contributed by atoms with Gasteiger partial charge < -0.3 is 9.15 Å². The topological polar surface area (TPSA) is 96.3 Å². The minimum absolute atomic E-state index is 0.125. The molecule has 0 saturated heterocycles. The van der Waals surface area contributed by atoms with E-state index < -0.39 is 11.7 Å². The number of carbonyl (C=O) groups is 1. The molecular formula is C19H21N3O5S. The first-order chi connectivity index (χ1) is 13.3. The molecule has 0 radical (unpaired) electrons. The third-order valence-corrected chi connectivity index (χ3v) is 5.64. The van der Waals surface area contributed by atoms with Crippen molar-refractivity contribution >= 4 is 28.8 Å². The fourth-order valence-electron chi connectivity index (χ4n) is 2.89. The molecule has 3 rings (SSSR count). The normalized spacial score (nSPS) is 11.4. The van der Waals surface area contributed by atoms with Gasteiger partial charge >= 0.3 is 11.7 Å². The summed E-state index contributed by atoms with van der Waals surface area (Å²) in [6.07, 6.45) is 1.70. The second kappa shape index (κ2) is 7.67. The summed E-state index contributed by atoms with van der Waals surface area (Å²) in [6.45, 7) is 4.03. The van der Waals surface area contributed by atoms with E-state index in [4.69, 9.17) is 4.42 Å². The molecular weight excluding hydrogens is 382 g/mol. The van der Waals surface area contributed by atoms with E-state index >= 15 is 0 Å². The number of methoxy groups -OCH3 is 1. The van der Waals surface area contributed by atoms with E-state index in [0.29, 0.717) is 22.5 Å². The summed E-state index contributed by atoms with van der Waals surface area (Å²) in [5, 5.41) is 0.403. The molecule has 3 aromatic heterocycles. The minimum atomic E-state index is -0.544. The van der Waals surface area contributed by atoms with Crippen molar-refractivity contribution < 1.29 is 13.9 Å². The first-order valence-corrected chi connectivity index (χ1v) is 9.63. The summed E-state index contributed by atoms with van der Waals surface area (Å²) in [6, 6.07) is 3.25. The van der Waals surface area contributed by atoms with Crippen molar-refractivity contribution in [2.24, 2.45) is 14.1 Å². The van der Waals surface area contributed by atoms with Gasteiger partial charge in [0.2, 0.25) is 5.76 Å². The number of aryl methyl sites for hydroxylation is 1. The average Bonchev–Trinajstić information content (AvgIpc) is 3.16. The molecule has 0 atom stereocenters. The zero-order chi connectivity index (χ0) is 20.6. The van der Waals surface area contributed by atoms with Crippen LogP contribution < -0.4 is 11.2 Å². The molecule has 0 fully saturated rings. The lowest BCUT2D eigenvalue weighted by molar-refractivity contribution is 0.0563. The number of fused-ring (bicyclic) bond motifs is 1. The van der Waals surface area contributed by atoms with Crippen molar-refractivity contribution in [3.63, 3.8) is 0 Å². The number of esters is 1. The Hall–Kier alpha value is -2.81. The quantitative estimate of drug-likeness (QED) is 0.477. The van der Waals surface area contributed by atoms with Crippen LogP contribution in [0.25, 0.3) is 11.0 Å². The Morgan fingerprint density at radius 3 is 2.61 bits per heavy atom. The monoisotopic (exact) mass is 403 g/mol. The SMILES string of the molecule is COC(=O)c1ccc(CSc2c(C(C)C)cnc3c2c(=O)n(C)c(=O)n3C)o1. The van der Waals surface area contributed by atoms with E-state index in [-0.39, 0.29) is 17.2 Å². The van der Waals surface area contributed by atoms with Gasteiger partial charge in [0, 0.05) is 25.2 Å². The molecule has 0 aliphatic carbocycles. The van der Waals surface area contributed by atoms with Crippen LogP contribution in [-0.2, 0) is 24.6 Å². The molecule has 0 aliphatic rings. The third-order valence-electron chi connectivity index (χ3n) is 4.48. The van der Waals surface area contributed by atoms with Gasteiger partial charge in [0.05, 0.1) is 18.2 Å². The van der Waals surface area contributed by atoms with E-state index in [1.165, 1.54) is 30.5 Å². The molecule has 28 heavy (non-hydrogen) atoms. The van der Waals surface area contributed by atoms with Gasteiger partial charge in [0.15, 0.2) is 0 Å². The molecule has 9 heteroatoms. The molecule has 0 N–H and O–H groups in total. The molecule has 0 bridgehead atoms. The summed E-state index contributed by atoms with van der Waals surface area (Å²) >= 11 is 1.41. The van der Waals surface area contributed by atoms with Gasteiger partial charge in [0.25, 0.3) is 5.56 Å². The summed E-state index contributed by atoms with van der Waals surface area (Å²) in [7, 11) is 4.34. The van der Waals surface area contributed by atoms with Crippen LogP contribution in [0.15, 0.2) is 37.2 Å². The molecule has 148 valence electrons. The first-order valence-electron chi connectivity index (χ1n) is 8.64. The molecule has 0 saturated carbocycles. The van der Waals surface area contributed by atoms with Crippen molar-refractivity contribution in [3.8, 4) is 0 Å². The number of furan rings is 1. The zero-order valence-electron chi connectivity index (χ0n) is 16.3. The van der Waals surface area contributed by atoms with Gasteiger partial charge in [0.1, 0.15) is 11.4 Å².